The van der Waals surface area contributed by atoms with Crippen molar-refractivity contribution in [1.29, 1.82) is 0 Å². The van der Waals surface area contributed by atoms with Crippen molar-refractivity contribution in [2.24, 2.45) is 5.73 Å². The number of carbonyl (C=O) groups is 1. The summed E-state index contributed by atoms with van der Waals surface area (Å²) in [6, 6.07) is -0.332. The molecule has 1 heterocycles. The van der Waals surface area contributed by atoms with Crippen LogP contribution >= 0.6 is 0 Å². The number of carboxylic acids is 1. The van der Waals surface area contributed by atoms with Gasteiger partial charge in [0.15, 0.2) is 0 Å². The maximum atomic E-state index is 10.9. The standard InChI is InChI=1S/C8H9N3O2/c9-5-3-8(5,7(12)13)6-4-10-1-2-11-6/h1-2,4-5H,3,9H2,(H,12,13). The van der Waals surface area contributed by atoms with Gasteiger partial charge in [0.05, 0.1) is 5.69 Å². The number of aromatic nitrogens is 2. The molecule has 68 valence electrons. The van der Waals surface area contributed by atoms with Crippen molar-refractivity contribution >= 4 is 5.97 Å². The van der Waals surface area contributed by atoms with Gasteiger partial charge < -0.3 is 10.8 Å². The fourth-order valence-electron chi connectivity index (χ4n) is 1.47. The lowest BCUT2D eigenvalue weighted by Gasteiger charge is -2.08. The SMILES string of the molecule is NC1CC1(C(=O)O)c1cnccn1. The third kappa shape index (κ3) is 1.01. The van der Waals surface area contributed by atoms with Crippen molar-refractivity contribution < 1.29 is 9.90 Å². The number of rotatable bonds is 2. The van der Waals surface area contributed by atoms with Crippen LogP contribution in [-0.4, -0.2) is 27.1 Å². The molecule has 5 heteroatoms. The molecule has 13 heavy (non-hydrogen) atoms. The molecular formula is C8H9N3O2. The van der Waals surface area contributed by atoms with Gasteiger partial charge in [-0.3, -0.25) is 14.8 Å². The molecule has 0 radical (unpaired) electrons. The zero-order chi connectivity index (χ0) is 9.47. The Morgan fingerprint density at radius 1 is 1.69 bits per heavy atom. The Kier molecular flexibility index (Phi) is 1.56. The monoisotopic (exact) mass is 179 g/mol. The molecule has 2 unspecified atom stereocenters. The van der Waals surface area contributed by atoms with Crippen molar-refractivity contribution in [3.63, 3.8) is 0 Å². The number of nitrogens with zero attached hydrogens (tertiary/aromatic N) is 2. The van der Waals surface area contributed by atoms with Crippen LogP contribution in [0.3, 0.4) is 0 Å². The Labute approximate surface area is 74.6 Å². The predicted octanol–water partition coefficient (Wildman–Crippen LogP) is -0.470. The zero-order valence-electron chi connectivity index (χ0n) is 6.84. The molecule has 0 bridgehead atoms. The zero-order valence-corrected chi connectivity index (χ0v) is 6.84. The normalized spacial score (nSPS) is 31.3. The lowest BCUT2D eigenvalue weighted by Crippen LogP contribution is -2.28. The summed E-state index contributed by atoms with van der Waals surface area (Å²) in [6.45, 7) is 0. The highest BCUT2D eigenvalue weighted by molar-refractivity contribution is 5.86. The second kappa shape index (κ2) is 2.50. The van der Waals surface area contributed by atoms with E-state index in [4.69, 9.17) is 10.8 Å². The van der Waals surface area contributed by atoms with Crippen LogP contribution in [0.4, 0.5) is 0 Å². The second-order valence-corrected chi connectivity index (χ2v) is 3.18. The van der Waals surface area contributed by atoms with Crippen LogP contribution in [0.5, 0.6) is 0 Å². The van der Waals surface area contributed by atoms with Crippen LogP contribution < -0.4 is 5.73 Å². The van der Waals surface area contributed by atoms with Crippen molar-refractivity contribution in [3.8, 4) is 0 Å². The first kappa shape index (κ1) is 8.12. The Hall–Kier alpha value is -1.49. The molecule has 0 saturated heterocycles. The number of nitrogens with two attached hydrogens (primary N) is 1. The minimum Gasteiger partial charge on any atom is -0.480 e. The molecule has 0 aromatic carbocycles. The lowest BCUT2D eigenvalue weighted by molar-refractivity contribution is -0.140. The molecule has 3 N–H and O–H groups in total. The van der Waals surface area contributed by atoms with Gasteiger partial charge in [-0.25, -0.2) is 0 Å². The van der Waals surface area contributed by atoms with E-state index in [1.807, 2.05) is 0 Å². The maximum Gasteiger partial charge on any atom is 0.317 e. The number of aliphatic carboxylic acids is 1. The molecule has 0 aliphatic heterocycles. The fourth-order valence-corrected chi connectivity index (χ4v) is 1.47. The van der Waals surface area contributed by atoms with E-state index in [9.17, 15) is 4.79 Å². The Bertz CT molecular complexity index is 341. The topological polar surface area (TPSA) is 89.1 Å². The van der Waals surface area contributed by atoms with Crippen molar-refractivity contribution in [3.05, 3.63) is 24.3 Å². The van der Waals surface area contributed by atoms with E-state index < -0.39 is 11.4 Å². The molecule has 1 saturated carbocycles. The van der Waals surface area contributed by atoms with E-state index in [0.717, 1.165) is 0 Å². The summed E-state index contributed by atoms with van der Waals surface area (Å²) in [5, 5.41) is 8.98. The van der Waals surface area contributed by atoms with Crippen LogP contribution in [0.2, 0.25) is 0 Å². The third-order valence-electron chi connectivity index (χ3n) is 2.42. The van der Waals surface area contributed by atoms with Crippen molar-refractivity contribution in [2.45, 2.75) is 17.9 Å². The molecule has 2 rings (SSSR count). The molecule has 1 aliphatic rings. The van der Waals surface area contributed by atoms with E-state index in [-0.39, 0.29) is 6.04 Å². The summed E-state index contributed by atoms with van der Waals surface area (Å²) in [4.78, 5) is 18.7. The number of carboxylic acid groups (broad SMARTS) is 1. The third-order valence-corrected chi connectivity index (χ3v) is 2.42. The highest BCUT2D eigenvalue weighted by Gasteiger charge is 2.61. The predicted molar refractivity (Wildman–Crippen MR) is 43.9 cm³/mol. The van der Waals surface area contributed by atoms with Gasteiger partial charge in [-0.15, -0.1) is 0 Å². The lowest BCUT2D eigenvalue weighted by atomic mass is 10.0. The summed E-state index contributed by atoms with van der Waals surface area (Å²) in [6.07, 6.45) is 4.89. The van der Waals surface area contributed by atoms with Gasteiger partial charge in [-0.1, -0.05) is 0 Å². The van der Waals surface area contributed by atoms with E-state index in [0.29, 0.717) is 12.1 Å². The van der Waals surface area contributed by atoms with Gasteiger partial charge in [0, 0.05) is 24.6 Å². The first-order chi connectivity index (χ1) is 6.18. The van der Waals surface area contributed by atoms with Gasteiger partial charge in [0.2, 0.25) is 0 Å². The first-order valence-corrected chi connectivity index (χ1v) is 3.93. The first-order valence-electron chi connectivity index (χ1n) is 3.93. The Morgan fingerprint density at radius 3 is 2.77 bits per heavy atom. The van der Waals surface area contributed by atoms with Gasteiger partial charge >= 0.3 is 5.97 Å². The van der Waals surface area contributed by atoms with Crippen LogP contribution in [0.1, 0.15) is 12.1 Å². The highest BCUT2D eigenvalue weighted by Crippen LogP contribution is 2.45. The van der Waals surface area contributed by atoms with E-state index in [1.54, 1.807) is 0 Å². The minimum atomic E-state index is -0.978. The summed E-state index contributed by atoms with van der Waals surface area (Å²) in [7, 11) is 0. The van der Waals surface area contributed by atoms with Gasteiger partial charge in [0.1, 0.15) is 5.41 Å². The molecule has 0 spiro atoms. The fraction of sp³-hybridized carbons (Fsp3) is 0.375. The summed E-state index contributed by atoms with van der Waals surface area (Å²) < 4.78 is 0. The van der Waals surface area contributed by atoms with E-state index in [1.165, 1.54) is 18.6 Å². The molecule has 5 nitrogen and oxygen atoms in total. The van der Waals surface area contributed by atoms with Crippen LogP contribution in [0.15, 0.2) is 18.6 Å². The summed E-state index contributed by atoms with van der Waals surface area (Å²) >= 11 is 0. The average Bonchev–Trinajstić information content (AvgIpc) is 2.80. The van der Waals surface area contributed by atoms with Crippen molar-refractivity contribution in [1.82, 2.24) is 9.97 Å². The average molecular weight is 179 g/mol. The van der Waals surface area contributed by atoms with E-state index >= 15 is 0 Å². The second-order valence-electron chi connectivity index (χ2n) is 3.18. The molecule has 1 aromatic heterocycles. The quantitative estimate of drug-likeness (QED) is 0.640. The number of hydrogen-bond acceptors (Lipinski definition) is 4. The van der Waals surface area contributed by atoms with E-state index in [2.05, 4.69) is 9.97 Å². The van der Waals surface area contributed by atoms with Gasteiger partial charge in [-0.05, 0) is 6.42 Å². The summed E-state index contributed by atoms with van der Waals surface area (Å²) in [5.41, 5.74) is 5.06. The molecule has 1 aromatic rings. The van der Waals surface area contributed by atoms with Crippen LogP contribution in [0, 0.1) is 0 Å². The van der Waals surface area contributed by atoms with Crippen LogP contribution in [-0.2, 0) is 10.2 Å². The molecule has 0 amide bonds. The van der Waals surface area contributed by atoms with Gasteiger partial charge in [0.25, 0.3) is 0 Å². The van der Waals surface area contributed by atoms with Gasteiger partial charge in [-0.2, -0.15) is 0 Å². The highest BCUT2D eigenvalue weighted by atomic mass is 16.4. The molecular weight excluding hydrogens is 170 g/mol. The largest absolute Gasteiger partial charge is 0.480 e. The molecule has 1 aliphatic carbocycles. The number of hydrogen-bond donors (Lipinski definition) is 2. The van der Waals surface area contributed by atoms with Crippen molar-refractivity contribution in [2.75, 3.05) is 0 Å². The molecule has 2 atom stereocenters. The van der Waals surface area contributed by atoms with Crippen LogP contribution in [0.25, 0.3) is 0 Å². The maximum absolute atomic E-state index is 10.9. The minimum absolute atomic E-state index is 0.332. The summed E-state index contributed by atoms with van der Waals surface area (Å²) in [5.74, 6) is -0.916. The Balaban J connectivity index is 2.40. The molecule has 1 fully saturated rings. The smallest absolute Gasteiger partial charge is 0.317 e. The Morgan fingerprint density at radius 2 is 2.38 bits per heavy atom.